The topological polar surface area (TPSA) is 51.0 Å². The Kier molecular flexibility index (Phi) is 3.56. The van der Waals surface area contributed by atoms with Gasteiger partial charge in [0.2, 0.25) is 5.95 Å². The van der Waals surface area contributed by atoms with E-state index in [2.05, 4.69) is 38.1 Å². The highest BCUT2D eigenvalue weighted by atomic mass is 79.9. The van der Waals surface area contributed by atoms with E-state index in [1.54, 1.807) is 12.5 Å². The Balaban J connectivity index is 2.26. The number of furan rings is 1. The van der Waals surface area contributed by atoms with E-state index in [-0.39, 0.29) is 0 Å². The third kappa shape index (κ3) is 2.41. The van der Waals surface area contributed by atoms with Crippen molar-refractivity contribution in [3.63, 3.8) is 0 Å². The summed E-state index contributed by atoms with van der Waals surface area (Å²) in [4.78, 5) is 8.50. The molecule has 1 N–H and O–H groups in total. The molecule has 0 atom stereocenters. The quantitative estimate of drug-likeness (QED) is 0.934. The molecule has 2 rings (SSSR count). The van der Waals surface area contributed by atoms with Crippen molar-refractivity contribution in [1.82, 2.24) is 9.97 Å². The summed E-state index contributed by atoms with van der Waals surface area (Å²) in [5, 5.41) is 3.14. The highest BCUT2D eigenvalue weighted by molar-refractivity contribution is 9.10. The third-order valence-corrected chi connectivity index (χ3v) is 2.66. The molecule has 0 saturated heterocycles. The van der Waals surface area contributed by atoms with E-state index in [9.17, 15) is 0 Å². The van der Waals surface area contributed by atoms with Crippen molar-refractivity contribution in [2.45, 2.75) is 13.3 Å². The van der Waals surface area contributed by atoms with Crippen molar-refractivity contribution < 1.29 is 4.42 Å². The molecule has 0 unspecified atom stereocenters. The maximum Gasteiger partial charge on any atom is 0.223 e. The van der Waals surface area contributed by atoms with E-state index in [1.807, 2.05) is 12.1 Å². The fourth-order valence-corrected chi connectivity index (χ4v) is 1.69. The second-order valence-corrected chi connectivity index (χ2v) is 4.14. The van der Waals surface area contributed by atoms with Crippen LogP contribution < -0.4 is 5.32 Å². The molecule has 0 spiro atoms. The molecular formula is C11H12BrN3O. The van der Waals surface area contributed by atoms with Crippen LogP contribution in [0.1, 0.15) is 13.3 Å². The lowest BCUT2D eigenvalue weighted by Gasteiger charge is -2.03. The molecule has 0 aliphatic rings. The standard InChI is InChI=1S/C11H12BrN3O/c1-2-5-13-11-14-6-3-9(15-11)10-8(12)4-7-16-10/h3-4,6-7H,2,5H2,1H3,(H,13,14,15). The first-order valence-electron chi connectivity index (χ1n) is 5.11. The van der Waals surface area contributed by atoms with E-state index in [4.69, 9.17) is 4.42 Å². The van der Waals surface area contributed by atoms with E-state index in [1.165, 1.54) is 0 Å². The first kappa shape index (κ1) is 11.1. The Morgan fingerprint density at radius 2 is 2.31 bits per heavy atom. The maximum absolute atomic E-state index is 5.34. The zero-order valence-corrected chi connectivity index (χ0v) is 10.5. The number of halogens is 1. The number of nitrogens with one attached hydrogen (secondary N) is 1. The monoisotopic (exact) mass is 281 g/mol. The summed E-state index contributed by atoms with van der Waals surface area (Å²) in [6.07, 6.45) is 4.38. The molecule has 0 amide bonds. The average molecular weight is 282 g/mol. The minimum Gasteiger partial charge on any atom is -0.461 e. The van der Waals surface area contributed by atoms with Crippen molar-refractivity contribution >= 4 is 21.9 Å². The van der Waals surface area contributed by atoms with Crippen LogP contribution in [0.2, 0.25) is 0 Å². The van der Waals surface area contributed by atoms with Crippen LogP contribution in [0.4, 0.5) is 5.95 Å². The minimum absolute atomic E-state index is 0.627. The number of hydrogen-bond donors (Lipinski definition) is 1. The Hall–Kier alpha value is -1.36. The summed E-state index contributed by atoms with van der Waals surface area (Å²) in [6, 6.07) is 3.66. The normalized spacial score (nSPS) is 10.4. The lowest BCUT2D eigenvalue weighted by Crippen LogP contribution is -2.04. The van der Waals surface area contributed by atoms with Gasteiger partial charge in [-0.3, -0.25) is 0 Å². The molecule has 4 nitrogen and oxygen atoms in total. The Morgan fingerprint density at radius 1 is 1.44 bits per heavy atom. The van der Waals surface area contributed by atoms with Crippen LogP contribution in [0.5, 0.6) is 0 Å². The van der Waals surface area contributed by atoms with Crippen molar-refractivity contribution in [2.24, 2.45) is 0 Å². The molecule has 0 aromatic carbocycles. The molecule has 0 saturated carbocycles. The van der Waals surface area contributed by atoms with Gasteiger partial charge in [-0.2, -0.15) is 0 Å². The highest BCUT2D eigenvalue weighted by Crippen LogP contribution is 2.27. The van der Waals surface area contributed by atoms with Crippen molar-refractivity contribution in [3.8, 4) is 11.5 Å². The Labute approximate surface area is 102 Å². The molecule has 0 fully saturated rings. The number of nitrogens with zero attached hydrogens (tertiary/aromatic N) is 2. The molecule has 5 heteroatoms. The smallest absolute Gasteiger partial charge is 0.223 e. The van der Waals surface area contributed by atoms with Gasteiger partial charge in [-0.25, -0.2) is 9.97 Å². The lowest BCUT2D eigenvalue weighted by molar-refractivity contribution is 0.578. The predicted molar refractivity (Wildman–Crippen MR) is 66.2 cm³/mol. The van der Waals surface area contributed by atoms with Crippen LogP contribution in [-0.2, 0) is 0 Å². The van der Waals surface area contributed by atoms with Crippen LogP contribution in [-0.4, -0.2) is 16.5 Å². The predicted octanol–water partition coefficient (Wildman–Crippen LogP) is 3.32. The summed E-state index contributed by atoms with van der Waals surface area (Å²) < 4.78 is 6.24. The number of rotatable bonds is 4. The van der Waals surface area contributed by atoms with Crippen molar-refractivity contribution in [3.05, 3.63) is 29.1 Å². The molecular weight excluding hydrogens is 270 g/mol. The first-order valence-corrected chi connectivity index (χ1v) is 5.91. The van der Waals surface area contributed by atoms with Crippen LogP contribution in [0.15, 0.2) is 33.5 Å². The zero-order chi connectivity index (χ0) is 11.4. The van der Waals surface area contributed by atoms with Gasteiger partial charge >= 0.3 is 0 Å². The van der Waals surface area contributed by atoms with Gasteiger partial charge in [0.15, 0.2) is 5.76 Å². The molecule has 16 heavy (non-hydrogen) atoms. The number of hydrogen-bond acceptors (Lipinski definition) is 4. The van der Waals surface area contributed by atoms with Gasteiger partial charge in [0.1, 0.15) is 5.69 Å². The molecule has 0 radical (unpaired) electrons. The van der Waals surface area contributed by atoms with E-state index >= 15 is 0 Å². The fourth-order valence-electron chi connectivity index (χ4n) is 1.28. The van der Waals surface area contributed by atoms with Crippen LogP contribution in [0, 0.1) is 0 Å². The van der Waals surface area contributed by atoms with Crippen molar-refractivity contribution in [1.29, 1.82) is 0 Å². The number of aromatic nitrogens is 2. The van der Waals surface area contributed by atoms with Gasteiger partial charge in [-0.05, 0) is 34.5 Å². The van der Waals surface area contributed by atoms with Crippen molar-refractivity contribution in [2.75, 3.05) is 11.9 Å². The lowest BCUT2D eigenvalue weighted by atomic mass is 10.3. The van der Waals surface area contributed by atoms with Gasteiger partial charge < -0.3 is 9.73 Å². The van der Waals surface area contributed by atoms with E-state index < -0.39 is 0 Å². The number of anilines is 1. The van der Waals surface area contributed by atoms with Crippen LogP contribution >= 0.6 is 15.9 Å². The van der Waals surface area contributed by atoms with Gasteiger partial charge in [-0.1, -0.05) is 6.92 Å². The molecule has 0 bridgehead atoms. The van der Waals surface area contributed by atoms with Gasteiger partial charge in [0.05, 0.1) is 10.7 Å². The SMILES string of the molecule is CCCNc1nccc(-c2occc2Br)n1. The molecule has 2 aromatic rings. The molecule has 2 aromatic heterocycles. The second-order valence-electron chi connectivity index (χ2n) is 3.29. The first-order chi connectivity index (χ1) is 7.81. The summed E-state index contributed by atoms with van der Waals surface area (Å²) in [7, 11) is 0. The highest BCUT2D eigenvalue weighted by Gasteiger charge is 2.08. The van der Waals surface area contributed by atoms with Gasteiger partial charge in [-0.15, -0.1) is 0 Å². The van der Waals surface area contributed by atoms with E-state index in [0.29, 0.717) is 5.95 Å². The Bertz CT molecular complexity index is 470. The van der Waals surface area contributed by atoms with E-state index in [0.717, 1.165) is 28.9 Å². The zero-order valence-electron chi connectivity index (χ0n) is 8.90. The molecule has 2 heterocycles. The fraction of sp³-hybridized carbons (Fsp3) is 0.273. The summed E-state index contributed by atoms with van der Waals surface area (Å²) in [6.45, 7) is 2.96. The molecule has 84 valence electrons. The van der Waals surface area contributed by atoms with Crippen LogP contribution in [0.3, 0.4) is 0 Å². The maximum atomic E-state index is 5.34. The minimum atomic E-state index is 0.627. The summed E-state index contributed by atoms with van der Waals surface area (Å²) in [5.41, 5.74) is 0.769. The van der Waals surface area contributed by atoms with Gasteiger partial charge in [0.25, 0.3) is 0 Å². The largest absolute Gasteiger partial charge is 0.461 e. The van der Waals surface area contributed by atoms with Gasteiger partial charge in [0, 0.05) is 12.7 Å². The average Bonchev–Trinajstić information content (AvgIpc) is 2.73. The molecule has 0 aliphatic carbocycles. The third-order valence-electron chi connectivity index (χ3n) is 2.04. The molecule has 0 aliphatic heterocycles. The summed E-state index contributed by atoms with van der Waals surface area (Å²) in [5.74, 6) is 1.35. The summed E-state index contributed by atoms with van der Waals surface area (Å²) >= 11 is 3.41. The Morgan fingerprint density at radius 3 is 3.00 bits per heavy atom. The second kappa shape index (κ2) is 5.12. The van der Waals surface area contributed by atoms with Crippen LogP contribution in [0.25, 0.3) is 11.5 Å².